The maximum absolute atomic E-state index is 12.0. The molecule has 1 saturated carbocycles. The summed E-state index contributed by atoms with van der Waals surface area (Å²) in [5.74, 6) is -0.748. The molecule has 19 heavy (non-hydrogen) atoms. The van der Waals surface area contributed by atoms with Crippen LogP contribution in [-0.4, -0.2) is 28.0 Å². The number of oxazole rings is 1. The van der Waals surface area contributed by atoms with E-state index in [0.29, 0.717) is 17.5 Å². The maximum atomic E-state index is 12.0. The standard InChI is InChI=1S/C13H18N2O4/c1-6(2)9(13(17)18)15-11(16)10-7(3)14-12(19-10)8-4-5-8/h6,8-9H,4-5H2,1-3H3,(H,15,16)(H,17,18)/t9-/m0/s1. The number of carboxylic acid groups (broad SMARTS) is 1. The summed E-state index contributed by atoms with van der Waals surface area (Å²) >= 11 is 0. The molecule has 0 aromatic carbocycles. The third kappa shape index (κ3) is 2.94. The van der Waals surface area contributed by atoms with Crippen molar-refractivity contribution >= 4 is 11.9 Å². The number of nitrogens with zero attached hydrogens (tertiary/aromatic N) is 1. The summed E-state index contributed by atoms with van der Waals surface area (Å²) in [6.07, 6.45) is 2.06. The van der Waals surface area contributed by atoms with Gasteiger partial charge in [-0.3, -0.25) is 4.79 Å². The Labute approximate surface area is 111 Å². The van der Waals surface area contributed by atoms with Gasteiger partial charge in [0.1, 0.15) is 6.04 Å². The van der Waals surface area contributed by atoms with Gasteiger partial charge in [-0.05, 0) is 25.7 Å². The molecule has 2 rings (SSSR count). The molecule has 0 radical (unpaired) electrons. The third-order valence-electron chi connectivity index (χ3n) is 3.17. The van der Waals surface area contributed by atoms with Crippen LogP contribution in [0.25, 0.3) is 0 Å². The lowest BCUT2D eigenvalue weighted by atomic mass is 10.0. The Morgan fingerprint density at radius 1 is 1.42 bits per heavy atom. The molecule has 1 aromatic heterocycles. The molecule has 2 N–H and O–H groups in total. The van der Waals surface area contributed by atoms with Crippen LogP contribution in [-0.2, 0) is 4.79 Å². The number of rotatable bonds is 5. The van der Waals surface area contributed by atoms with Crippen molar-refractivity contribution in [2.24, 2.45) is 5.92 Å². The maximum Gasteiger partial charge on any atom is 0.326 e. The second-order valence-electron chi connectivity index (χ2n) is 5.27. The second-order valence-corrected chi connectivity index (χ2v) is 5.27. The number of aryl methyl sites for hydroxylation is 1. The van der Waals surface area contributed by atoms with Crippen LogP contribution in [0.3, 0.4) is 0 Å². The number of amides is 1. The number of carbonyl (C=O) groups is 2. The molecule has 1 aliphatic rings. The molecular formula is C13H18N2O4. The van der Waals surface area contributed by atoms with Gasteiger partial charge in [0.2, 0.25) is 5.76 Å². The van der Waals surface area contributed by atoms with Crippen molar-refractivity contribution in [3.8, 4) is 0 Å². The summed E-state index contributed by atoms with van der Waals surface area (Å²) < 4.78 is 5.44. The van der Waals surface area contributed by atoms with E-state index in [9.17, 15) is 9.59 Å². The van der Waals surface area contributed by atoms with Gasteiger partial charge in [0, 0.05) is 5.92 Å². The molecule has 6 nitrogen and oxygen atoms in total. The monoisotopic (exact) mass is 266 g/mol. The fourth-order valence-electron chi connectivity index (χ4n) is 1.85. The number of aliphatic carboxylic acids is 1. The Bertz CT molecular complexity index is 503. The molecule has 0 saturated heterocycles. The molecule has 104 valence electrons. The van der Waals surface area contributed by atoms with Crippen molar-refractivity contribution < 1.29 is 19.1 Å². The van der Waals surface area contributed by atoms with E-state index < -0.39 is 17.9 Å². The Morgan fingerprint density at radius 3 is 2.53 bits per heavy atom. The SMILES string of the molecule is Cc1nc(C2CC2)oc1C(=O)N[C@H](C(=O)O)C(C)C. The van der Waals surface area contributed by atoms with Crippen LogP contribution in [0.4, 0.5) is 0 Å². The Balaban J connectivity index is 2.12. The molecule has 0 spiro atoms. The lowest BCUT2D eigenvalue weighted by Crippen LogP contribution is -2.44. The zero-order valence-electron chi connectivity index (χ0n) is 11.3. The molecule has 1 aromatic rings. The highest BCUT2D eigenvalue weighted by Gasteiger charge is 2.32. The fourth-order valence-corrected chi connectivity index (χ4v) is 1.85. The first-order valence-electron chi connectivity index (χ1n) is 6.41. The third-order valence-corrected chi connectivity index (χ3v) is 3.17. The lowest BCUT2D eigenvalue weighted by molar-refractivity contribution is -0.140. The second kappa shape index (κ2) is 5.03. The largest absolute Gasteiger partial charge is 0.480 e. The first kappa shape index (κ1) is 13.6. The van der Waals surface area contributed by atoms with Gasteiger partial charge in [-0.2, -0.15) is 0 Å². The van der Waals surface area contributed by atoms with E-state index in [0.717, 1.165) is 12.8 Å². The predicted octanol–water partition coefficient (Wildman–Crippen LogP) is 1.70. The minimum Gasteiger partial charge on any atom is -0.480 e. The number of nitrogens with one attached hydrogen (secondary N) is 1. The van der Waals surface area contributed by atoms with Gasteiger partial charge in [-0.15, -0.1) is 0 Å². The van der Waals surface area contributed by atoms with E-state index in [4.69, 9.17) is 9.52 Å². The van der Waals surface area contributed by atoms with E-state index in [2.05, 4.69) is 10.3 Å². The van der Waals surface area contributed by atoms with E-state index in [-0.39, 0.29) is 11.7 Å². The number of carboxylic acids is 1. The van der Waals surface area contributed by atoms with Crippen LogP contribution in [0.15, 0.2) is 4.42 Å². The minimum atomic E-state index is -1.05. The molecule has 0 bridgehead atoms. The Kier molecular flexibility index (Phi) is 3.59. The van der Waals surface area contributed by atoms with Crippen LogP contribution in [0.2, 0.25) is 0 Å². The van der Waals surface area contributed by atoms with Crippen LogP contribution >= 0.6 is 0 Å². The van der Waals surface area contributed by atoms with Crippen molar-refractivity contribution in [1.82, 2.24) is 10.3 Å². The molecule has 1 amide bonds. The topological polar surface area (TPSA) is 92.4 Å². The normalized spacial score (nSPS) is 16.4. The molecule has 0 unspecified atom stereocenters. The van der Waals surface area contributed by atoms with Crippen molar-refractivity contribution in [3.63, 3.8) is 0 Å². The number of aromatic nitrogens is 1. The smallest absolute Gasteiger partial charge is 0.326 e. The number of hydrogen-bond donors (Lipinski definition) is 2. The molecular weight excluding hydrogens is 248 g/mol. The Morgan fingerprint density at radius 2 is 2.05 bits per heavy atom. The van der Waals surface area contributed by atoms with Crippen LogP contribution in [0.1, 0.15) is 54.7 Å². The predicted molar refractivity (Wildman–Crippen MR) is 66.9 cm³/mol. The van der Waals surface area contributed by atoms with Gasteiger partial charge >= 0.3 is 5.97 Å². The lowest BCUT2D eigenvalue weighted by Gasteiger charge is -2.16. The summed E-state index contributed by atoms with van der Waals surface area (Å²) in [5.41, 5.74) is 0.507. The fraction of sp³-hybridized carbons (Fsp3) is 0.615. The van der Waals surface area contributed by atoms with Gasteiger partial charge < -0.3 is 14.8 Å². The van der Waals surface area contributed by atoms with E-state index in [1.54, 1.807) is 20.8 Å². The summed E-state index contributed by atoms with van der Waals surface area (Å²) in [5, 5.41) is 11.5. The van der Waals surface area contributed by atoms with Gasteiger partial charge in [-0.25, -0.2) is 9.78 Å². The first-order valence-corrected chi connectivity index (χ1v) is 6.41. The van der Waals surface area contributed by atoms with Crippen LogP contribution < -0.4 is 5.32 Å². The minimum absolute atomic E-state index is 0.119. The molecule has 1 atom stereocenters. The van der Waals surface area contributed by atoms with Gasteiger partial charge in [0.05, 0.1) is 5.69 Å². The Hall–Kier alpha value is -1.85. The van der Waals surface area contributed by atoms with Gasteiger partial charge in [0.25, 0.3) is 5.91 Å². The van der Waals surface area contributed by atoms with Crippen LogP contribution in [0, 0.1) is 12.8 Å². The molecule has 1 aliphatic carbocycles. The molecule has 6 heteroatoms. The van der Waals surface area contributed by atoms with E-state index in [1.165, 1.54) is 0 Å². The first-order chi connectivity index (χ1) is 8.90. The van der Waals surface area contributed by atoms with Crippen molar-refractivity contribution in [2.45, 2.75) is 45.6 Å². The zero-order valence-corrected chi connectivity index (χ0v) is 11.3. The van der Waals surface area contributed by atoms with Gasteiger partial charge in [-0.1, -0.05) is 13.8 Å². The van der Waals surface area contributed by atoms with Crippen molar-refractivity contribution in [3.05, 3.63) is 17.3 Å². The van der Waals surface area contributed by atoms with Crippen molar-refractivity contribution in [2.75, 3.05) is 0 Å². The summed E-state index contributed by atoms with van der Waals surface area (Å²) in [6.45, 7) is 5.17. The number of hydrogen-bond acceptors (Lipinski definition) is 4. The summed E-state index contributed by atoms with van der Waals surface area (Å²) in [6, 6.07) is -0.929. The molecule has 0 aliphatic heterocycles. The number of carbonyl (C=O) groups excluding carboxylic acids is 1. The zero-order chi connectivity index (χ0) is 14.2. The molecule has 1 fully saturated rings. The van der Waals surface area contributed by atoms with E-state index in [1.807, 2.05) is 0 Å². The summed E-state index contributed by atoms with van der Waals surface area (Å²) in [7, 11) is 0. The highest BCUT2D eigenvalue weighted by atomic mass is 16.4. The summed E-state index contributed by atoms with van der Waals surface area (Å²) in [4.78, 5) is 27.3. The average Bonchev–Trinajstić information content (AvgIpc) is 3.08. The van der Waals surface area contributed by atoms with E-state index >= 15 is 0 Å². The van der Waals surface area contributed by atoms with Crippen LogP contribution in [0.5, 0.6) is 0 Å². The average molecular weight is 266 g/mol. The van der Waals surface area contributed by atoms with Gasteiger partial charge in [0.15, 0.2) is 5.89 Å². The molecule has 1 heterocycles. The highest BCUT2D eigenvalue weighted by Crippen LogP contribution is 2.40. The quantitative estimate of drug-likeness (QED) is 0.846. The highest BCUT2D eigenvalue weighted by molar-refractivity contribution is 5.95. The van der Waals surface area contributed by atoms with Crippen molar-refractivity contribution in [1.29, 1.82) is 0 Å².